The third kappa shape index (κ3) is 2.99. The van der Waals surface area contributed by atoms with Gasteiger partial charge in [0, 0.05) is 17.8 Å². The van der Waals surface area contributed by atoms with Crippen molar-refractivity contribution in [2.45, 2.75) is 25.3 Å². The minimum absolute atomic E-state index is 0.399. The maximum Gasteiger partial charge on any atom is 0.248 e. The van der Waals surface area contributed by atoms with Crippen LogP contribution < -0.4 is 11.1 Å². The summed E-state index contributed by atoms with van der Waals surface area (Å²) in [7, 11) is 0. The van der Waals surface area contributed by atoms with E-state index in [1.54, 1.807) is 12.1 Å². The van der Waals surface area contributed by atoms with Gasteiger partial charge < -0.3 is 11.1 Å². The molecule has 0 unspecified atom stereocenters. The number of anilines is 1. The quantitative estimate of drug-likeness (QED) is 0.872. The smallest absolute Gasteiger partial charge is 0.248 e. The molecule has 0 radical (unpaired) electrons. The number of carbonyl (C=O) groups is 1. The van der Waals surface area contributed by atoms with E-state index in [1.807, 2.05) is 12.1 Å². The number of amides is 1. The minimum atomic E-state index is -0.399. The molecule has 20 heavy (non-hydrogen) atoms. The Balaban J connectivity index is 1.68. The molecule has 3 rings (SSSR count). The Labute approximate surface area is 118 Å². The van der Waals surface area contributed by atoms with E-state index in [4.69, 9.17) is 5.73 Å². The molecule has 0 saturated heterocycles. The summed E-state index contributed by atoms with van der Waals surface area (Å²) in [5.74, 6) is 0.373. The fraction of sp³-hybridized carbons (Fsp3) is 0.235. The molecule has 3 nitrogen and oxygen atoms in total. The van der Waals surface area contributed by atoms with Gasteiger partial charge >= 0.3 is 0 Å². The van der Waals surface area contributed by atoms with E-state index >= 15 is 0 Å². The largest absolute Gasteiger partial charge is 0.381 e. The van der Waals surface area contributed by atoms with Crippen LogP contribution in [-0.2, 0) is 6.54 Å². The van der Waals surface area contributed by atoms with Gasteiger partial charge in [-0.2, -0.15) is 0 Å². The molecule has 0 aromatic heterocycles. The number of hydrogen-bond donors (Lipinski definition) is 2. The van der Waals surface area contributed by atoms with Gasteiger partial charge in [0.1, 0.15) is 0 Å². The van der Waals surface area contributed by atoms with E-state index in [0.29, 0.717) is 5.56 Å². The summed E-state index contributed by atoms with van der Waals surface area (Å²) in [5.41, 5.74) is 9.43. The van der Waals surface area contributed by atoms with Gasteiger partial charge in [0.15, 0.2) is 0 Å². The molecule has 0 bridgehead atoms. The molecule has 0 atom stereocenters. The fourth-order valence-electron chi connectivity index (χ4n) is 2.36. The first kappa shape index (κ1) is 12.7. The second-order valence-electron chi connectivity index (χ2n) is 5.32. The van der Waals surface area contributed by atoms with Crippen molar-refractivity contribution in [3.05, 3.63) is 65.2 Å². The van der Waals surface area contributed by atoms with E-state index in [2.05, 4.69) is 29.6 Å². The van der Waals surface area contributed by atoms with Gasteiger partial charge in [-0.15, -0.1) is 0 Å². The number of rotatable bonds is 5. The second kappa shape index (κ2) is 5.37. The van der Waals surface area contributed by atoms with Crippen LogP contribution in [0.4, 0.5) is 5.69 Å². The number of nitrogens with one attached hydrogen (secondary N) is 1. The maximum atomic E-state index is 11.1. The topological polar surface area (TPSA) is 55.1 Å². The van der Waals surface area contributed by atoms with E-state index in [0.717, 1.165) is 18.2 Å². The molecule has 1 amide bonds. The zero-order chi connectivity index (χ0) is 13.9. The molecule has 3 heteroatoms. The zero-order valence-electron chi connectivity index (χ0n) is 11.3. The van der Waals surface area contributed by atoms with Crippen molar-refractivity contribution in [3.63, 3.8) is 0 Å². The molecule has 0 aliphatic heterocycles. The Morgan fingerprint density at radius 1 is 1.15 bits per heavy atom. The van der Waals surface area contributed by atoms with Crippen molar-refractivity contribution in [2.24, 2.45) is 5.73 Å². The van der Waals surface area contributed by atoms with Crippen molar-refractivity contribution in [1.82, 2.24) is 0 Å². The zero-order valence-corrected chi connectivity index (χ0v) is 11.3. The third-order valence-electron chi connectivity index (χ3n) is 3.64. The summed E-state index contributed by atoms with van der Waals surface area (Å²) in [6.45, 7) is 0.753. The van der Waals surface area contributed by atoms with Crippen molar-refractivity contribution < 1.29 is 4.79 Å². The molecule has 0 heterocycles. The van der Waals surface area contributed by atoms with Gasteiger partial charge in [-0.25, -0.2) is 0 Å². The fourth-order valence-corrected chi connectivity index (χ4v) is 2.36. The van der Waals surface area contributed by atoms with Crippen LogP contribution in [0.2, 0.25) is 0 Å². The highest BCUT2D eigenvalue weighted by Crippen LogP contribution is 2.40. The van der Waals surface area contributed by atoms with Crippen LogP contribution in [-0.4, -0.2) is 5.91 Å². The molecular formula is C17H18N2O. The summed E-state index contributed by atoms with van der Waals surface area (Å²) >= 11 is 0. The normalized spacial score (nSPS) is 14.0. The first-order chi connectivity index (χ1) is 9.72. The number of carbonyl (C=O) groups excluding carboxylic acids is 1. The molecule has 1 aliphatic rings. The highest BCUT2D eigenvalue weighted by atomic mass is 16.1. The van der Waals surface area contributed by atoms with Crippen LogP contribution in [0.5, 0.6) is 0 Å². The van der Waals surface area contributed by atoms with Crippen molar-refractivity contribution >= 4 is 11.6 Å². The van der Waals surface area contributed by atoms with Gasteiger partial charge in [0.05, 0.1) is 0 Å². The average Bonchev–Trinajstić information content (AvgIpc) is 3.30. The Hall–Kier alpha value is -2.29. The van der Waals surface area contributed by atoms with Crippen molar-refractivity contribution in [1.29, 1.82) is 0 Å². The van der Waals surface area contributed by atoms with E-state index < -0.39 is 5.91 Å². The number of nitrogens with two attached hydrogens (primary N) is 1. The molecule has 2 aromatic carbocycles. The molecule has 1 aliphatic carbocycles. The molecule has 1 saturated carbocycles. The molecular weight excluding hydrogens is 248 g/mol. The van der Waals surface area contributed by atoms with Crippen LogP contribution in [0.25, 0.3) is 0 Å². The lowest BCUT2D eigenvalue weighted by molar-refractivity contribution is 0.100. The average molecular weight is 266 g/mol. The summed E-state index contributed by atoms with van der Waals surface area (Å²) in [6, 6.07) is 16.0. The number of primary amides is 1. The highest BCUT2D eigenvalue weighted by molar-refractivity contribution is 5.93. The molecule has 1 fully saturated rings. The molecule has 2 aromatic rings. The van der Waals surface area contributed by atoms with Gasteiger partial charge in [-0.3, -0.25) is 4.79 Å². The van der Waals surface area contributed by atoms with Crippen LogP contribution in [0, 0.1) is 0 Å². The summed E-state index contributed by atoms with van der Waals surface area (Å²) in [4.78, 5) is 11.1. The predicted molar refractivity (Wildman–Crippen MR) is 80.7 cm³/mol. The van der Waals surface area contributed by atoms with Crippen LogP contribution in [0.15, 0.2) is 48.5 Å². The van der Waals surface area contributed by atoms with Gasteiger partial charge in [0.2, 0.25) is 5.91 Å². The lowest BCUT2D eigenvalue weighted by Gasteiger charge is -2.09. The van der Waals surface area contributed by atoms with Crippen LogP contribution >= 0.6 is 0 Å². The number of hydrogen-bond acceptors (Lipinski definition) is 2. The standard InChI is InChI=1S/C17H18N2O/c18-17(20)15-5-2-6-16(10-15)19-11-12-3-1-4-14(9-12)13-7-8-13/h1-6,9-10,13,19H,7-8,11H2,(H2,18,20). The lowest BCUT2D eigenvalue weighted by Crippen LogP contribution is -2.11. The number of benzene rings is 2. The minimum Gasteiger partial charge on any atom is -0.381 e. The van der Waals surface area contributed by atoms with Gasteiger partial charge in [-0.1, -0.05) is 30.3 Å². The van der Waals surface area contributed by atoms with E-state index in [9.17, 15) is 4.79 Å². The summed E-state index contributed by atoms with van der Waals surface area (Å²) in [5, 5.41) is 3.33. The Morgan fingerprint density at radius 3 is 2.70 bits per heavy atom. The first-order valence-electron chi connectivity index (χ1n) is 6.95. The highest BCUT2D eigenvalue weighted by Gasteiger charge is 2.23. The Morgan fingerprint density at radius 2 is 1.95 bits per heavy atom. The van der Waals surface area contributed by atoms with E-state index in [1.165, 1.54) is 24.0 Å². The first-order valence-corrected chi connectivity index (χ1v) is 6.95. The van der Waals surface area contributed by atoms with Gasteiger partial charge in [-0.05, 0) is 48.1 Å². The van der Waals surface area contributed by atoms with Crippen molar-refractivity contribution in [2.75, 3.05) is 5.32 Å². The van der Waals surface area contributed by atoms with Crippen molar-refractivity contribution in [3.8, 4) is 0 Å². The predicted octanol–water partition coefficient (Wildman–Crippen LogP) is 3.28. The van der Waals surface area contributed by atoms with Crippen LogP contribution in [0.3, 0.4) is 0 Å². The Bertz CT molecular complexity index is 632. The SMILES string of the molecule is NC(=O)c1cccc(NCc2cccc(C3CC3)c2)c1. The molecule has 3 N–H and O–H groups in total. The van der Waals surface area contributed by atoms with Crippen LogP contribution in [0.1, 0.15) is 40.2 Å². The molecule has 0 spiro atoms. The van der Waals surface area contributed by atoms with E-state index in [-0.39, 0.29) is 0 Å². The van der Waals surface area contributed by atoms with Gasteiger partial charge in [0.25, 0.3) is 0 Å². The Kier molecular flexibility index (Phi) is 3.42. The monoisotopic (exact) mass is 266 g/mol. The summed E-state index contributed by atoms with van der Waals surface area (Å²) < 4.78 is 0. The summed E-state index contributed by atoms with van der Waals surface area (Å²) in [6.07, 6.45) is 2.63. The third-order valence-corrected chi connectivity index (χ3v) is 3.64. The maximum absolute atomic E-state index is 11.1. The second-order valence-corrected chi connectivity index (χ2v) is 5.32. The molecule has 102 valence electrons. The lowest BCUT2D eigenvalue weighted by atomic mass is 10.1.